The second kappa shape index (κ2) is 5.87. The highest BCUT2D eigenvalue weighted by Crippen LogP contribution is 2.18. The third kappa shape index (κ3) is 3.84. The highest BCUT2D eigenvalue weighted by atomic mass is 79.9. The van der Waals surface area contributed by atoms with Crippen molar-refractivity contribution >= 4 is 21.8 Å². The average Bonchev–Trinajstić information content (AvgIpc) is 2.13. The van der Waals surface area contributed by atoms with Crippen molar-refractivity contribution in [1.29, 1.82) is 0 Å². The molecule has 0 saturated heterocycles. The van der Waals surface area contributed by atoms with Crippen LogP contribution in [-0.4, -0.2) is 16.8 Å². The summed E-state index contributed by atoms with van der Waals surface area (Å²) in [6.45, 7) is 10.1. The lowest BCUT2D eigenvalue weighted by atomic mass is 9.96. The van der Waals surface area contributed by atoms with Gasteiger partial charge in [-0.25, -0.2) is 0 Å². The predicted octanol–water partition coefficient (Wildman–Crippen LogP) is 3.91. The number of amides is 1. The zero-order valence-corrected chi connectivity index (χ0v) is 13.4. The summed E-state index contributed by atoms with van der Waals surface area (Å²) in [5, 5.41) is 3.99. The van der Waals surface area contributed by atoms with Gasteiger partial charge in [-0.05, 0) is 52.2 Å². The summed E-state index contributed by atoms with van der Waals surface area (Å²) in [7, 11) is 0. The molecule has 0 spiro atoms. The SMILES string of the molecule is Cc1cc(C)c(C(=O)NC(C)(C)CCBr)c(C)c1. The standard InChI is InChI=1S/C15H22BrNO/c1-10-8-11(2)13(12(3)9-10)14(18)17-15(4,5)6-7-16/h8-9H,6-7H2,1-5H3,(H,17,18). The number of nitrogens with one attached hydrogen (secondary N) is 1. The summed E-state index contributed by atoms with van der Waals surface area (Å²) >= 11 is 3.42. The van der Waals surface area contributed by atoms with Gasteiger partial charge in [0, 0.05) is 16.4 Å². The molecule has 0 heterocycles. The Balaban J connectivity index is 2.98. The van der Waals surface area contributed by atoms with Crippen LogP contribution in [0.4, 0.5) is 0 Å². The molecule has 1 aromatic rings. The van der Waals surface area contributed by atoms with E-state index in [4.69, 9.17) is 0 Å². The molecule has 3 heteroatoms. The van der Waals surface area contributed by atoms with E-state index in [2.05, 4.69) is 40.3 Å². The minimum atomic E-state index is -0.190. The van der Waals surface area contributed by atoms with Crippen molar-refractivity contribution in [3.05, 3.63) is 34.4 Å². The zero-order chi connectivity index (χ0) is 13.9. The molecule has 1 N–H and O–H groups in total. The Morgan fingerprint density at radius 1 is 1.22 bits per heavy atom. The van der Waals surface area contributed by atoms with Crippen LogP contribution < -0.4 is 5.32 Å². The van der Waals surface area contributed by atoms with Gasteiger partial charge in [0.1, 0.15) is 0 Å². The van der Waals surface area contributed by atoms with Crippen molar-refractivity contribution in [2.45, 2.75) is 46.6 Å². The van der Waals surface area contributed by atoms with Crippen LogP contribution in [0, 0.1) is 20.8 Å². The van der Waals surface area contributed by atoms with Crippen LogP contribution in [0.25, 0.3) is 0 Å². The van der Waals surface area contributed by atoms with Crippen LogP contribution in [0.3, 0.4) is 0 Å². The summed E-state index contributed by atoms with van der Waals surface area (Å²) in [5.74, 6) is 0.0240. The fourth-order valence-electron chi connectivity index (χ4n) is 2.21. The summed E-state index contributed by atoms with van der Waals surface area (Å²) in [5.41, 5.74) is 3.90. The summed E-state index contributed by atoms with van der Waals surface area (Å²) in [6.07, 6.45) is 0.905. The number of carbonyl (C=O) groups excluding carboxylic acids is 1. The molecule has 0 aliphatic carbocycles. The number of carbonyl (C=O) groups is 1. The van der Waals surface area contributed by atoms with Crippen molar-refractivity contribution < 1.29 is 4.79 Å². The monoisotopic (exact) mass is 311 g/mol. The lowest BCUT2D eigenvalue weighted by Crippen LogP contribution is -2.44. The van der Waals surface area contributed by atoms with Crippen LogP contribution in [0.15, 0.2) is 12.1 Å². The first-order valence-corrected chi connectivity index (χ1v) is 7.35. The van der Waals surface area contributed by atoms with Crippen LogP contribution in [0.5, 0.6) is 0 Å². The number of hydrogen-bond donors (Lipinski definition) is 1. The first-order valence-electron chi connectivity index (χ1n) is 6.23. The normalized spacial score (nSPS) is 11.4. The van der Waals surface area contributed by atoms with Crippen molar-refractivity contribution in [2.24, 2.45) is 0 Å². The van der Waals surface area contributed by atoms with E-state index in [9.17, 15) is 4.79 Å². The second-order valence-corrected chi connectivity index (χ2v) is 6.34. The number of halogens is 1. The first-order chi connectivity index (χ1) is 8.26. The molecule has 100 valence electrons. The van der Waals surface area contributed by atoms with E-state index in [1.807, 2.05) is 27.7 Å². The molecular weight excluding hydrogens is 290 g/mol. The van der Waals surface area contributed by atoms with Gasteiger partial charge in [0.2, 0.25) is 0 Å². The number of alkyl halides is 1. The Morgan fingerprint density at radius 2 is 1.72 bits per heavy atom. The molecule has 1 amide bonds. The van der Waals surface area contributed by atoms with Crippen LogP contribution in [0.2, 0.25) is 0 Å². The Morgan fingerprint density at radius 3 is 2.17 bits per heavy atom. The summed E-state index contributed by atoms with van der Waals surface area (Å²) in [4.78, 5) is 12.4. The number of aryl methyl sites for hydroxylation is 3. The molecule has 0 aliphatic heterocycles. The van der Waals surface area contributed by atoms with E-state index >= 15 is 0 Å². The Bertz CT molecular complexity index is 429. The molecule has 1 rings (SSSR count). The lowest BCUT2D eigenvalue weighted by Gasteiger charge is -2.26. The van der Waals surface area contributed by atoms with E-state index in [-0.39, 0.29) is 11.4 Å². The molecular formula is C15H22BrNO. The van der Waals surface area contributed by atoms with Crippen molar-refractivity contribution in [2.75, 3.05) is 5.33 Å². The third-order valence-electron chi connectivity index (χ3n) is 3.08. The largest absolute Gasteiger partial charge is 0.347 e. The Kier molecular flexibility index (Phi) is 4.97. The van der Waals surface area contributed by atoms with E-state index in [1.165, 1.54) is 5.56 Å². The van der Waals surface area contributed by atoms with Gasteiger partial charge in [0.05, 0.1) is 0 Å². The quantitative estimate of drug-likeness (QED) is 0.839. The highest BCUT2D eigenvalue weighted by Gasteiger charge is 2.22. The molecule has 0 fully saturated rings. The molecule has 0 aromatic heterocycles. The van der Waals surface area contributed by atoms with Crippen molar-refractivity contribution in [3.63, 3.8) is 0 Å². The molecule has 0 saturated carbocycles. The lowest BCUT2D eigenvalue weighted by molar-refractivity contribution is 0.0910. The summed E-state index contributed by atoms with van der Waals surface area (Å²) in [6, 6.07) is 4.11. The minimum Gasteiger partial charge on any atom is -0.347 e. The van der Waals surface area contributed by atoms with Gasteiger partial charge >= 0.3 is 0 Å². The van der Waals surface area contributed by atoms with Crippen LogP contribution >= 0.6 is 15.9 Å². The third-order valence-corrected chi connectivity index (χ3v) is 3.47. The highest BCUT2D eigenvalue weighted by molar-refractivity contribution is 9.09. The van der Waals surface area contributed by atoms with E-state index in [0.29, 0.717) is 0 Å². The maximum Gasteiger partial charge on any atom is 0.252 e. The number of rotatable bonds is 4. The molecule has 18 heavy (non-hydrogen) atoms. The fraction of sp³-hybridized carbons (Fsp3) is 0.533. The van der Waals surface area contributed by atoms with E-state index in [0.717, 1.165) is 28.4 Å². The van der Waals surface area contributed by atoms with Gasteiger partial charge in [-0.15, -0.1) is 0 Å². The summed E-state index contributed by atoms with van der Waals surface area (Å²) < 4.78 is 0. The molecule has 0 atom stereocenters. The topological polar surface area (TPSA) is 29.1 Å². The van der Waals surface area contributed by atoms with Crippen LogP contribution in [0.1, 0.15) is 47.3 Å². The first kappa shape index (κ1) is 15.2. The maximum absolute atomic E-state index is 12.4. The average molecular weight is 312 g/mol. The fourth-order valence-corrected chi connectivity index (χ4v) is 3.20. The molecule has 0 unspecified atom stereocenters. The molecule has 1 aromatic carbocycles. The second-order valence-electron chi connectivity index (χ2n) is 5.55. The van der Waals surface area contributed by atoms with Gasteiger partial charge in [-0.2, -0.15) is 0 Å². The Hall–Kier alpha value is -0.830. The van der Waals surface area contributed by atoms with Crippen LogP contribution in [-0.2, 0) is 0 Å². The van der Waals surface area contributed by atoms with Gasteiger partial charge in [-0.1, -0.05) is 33.6 Å². The predicted molar refractivity (Wildman–Crippen MR) is 80.6 cm³/mol. The van der Waals surface area contributed by atoms with E-state index in [1.54, 1.807) is 0 Å². The molecule has 0 radical (unpaired) electrons. The smallest absolute Gasteiger partial charge is 0.252 e. The van der Waals surface area contributed by atoms with Gasteiger partial charge < -0.3 is 5.32 Å². The number of hydrogen-bond acceptors (Lipinski definition) is 1. The van der Waals surface area contributed by atoms with E-state index < -0.39 is 0 Å². The maximum atomic E-state index is 12.4. The van der Waals surface area contributed by atoms with Crippen molar-refractivity contribution in [3.8, 4) is 0 Å². The minimum absolute atomic E-state index is 0.0240. The molecule has 0 bridgehead atoms. The number of benzene rings is 1. The molecule has 0 aliphatic rings. The van der Waals surface area contributed by atoms with Gasteiger partial charge in [0.15, 0.2) is 0 Å². The van der Waals surface area contributed by atoms with Gasteiger partial charge in [0.25, 0.3) is 5.91 Å². The van der Waals surface area contributed by atoms with Crippen molar-refractivity contribution in [1.82, 2.24) is 5.32 Å². The molecule has 2 nitrogen and oxygen atoms in total. The zero-order valence-electron chi connectivity index (χ0n) is 11.9. The Labute approximate surface area is 118 Å². The van der Waals surface area contributed by atoms with Gasteiger partial charge in [-0.3, -0.25) is 4.79 Å².